The number of nitrogen functional groups attached to an aromatic ring is 1. The lowest BCUT2D eigenvalue weighted by Gasteiger charge is -2.03. The molecular weight excluding hydrogens is 251 g/mol. The van der Waals surface area contributed by atoms with Crippen molar-refractivity contribution in [1.29, 1.82) is 0 Å². The second-order valence-electron chi connectivity index (χ2n) is 3.84. The fourth-order valence-corrected chi connectivity index (χ4v) is 2.41. The number of rotatable bonds is 1. The molecule has 0 atom stereocenters. The van der Waals surface area contributed by atoms with Crippen molar-refractivity contribution < 1.29 is 4.39 Å². The Morgan fingerprint density at radius 2 is 2.11 bits per heavy atom. The van der Waals surface area contributed by atoms with E-state index in [4.69, 9.17) is 5.73 Å². The number of thiazole rings is 1. The quantitative estimate of drug-likeness (QED) is 0.730. The highest BCUT2D eigenvalue weighted by atomic mass is 32.1. The molecule has 2 N–H and O–H groups in total. The van der Waals surface area contributed by atoms with Gasteiger partial charge >= 0.3 is 0 Å². The van der Waals surface area contributed by atoms with Crippen LogP contribution in [0.1, 0.15) is 5.01 Å². The predicted octanol–water partition coefficient (Wildman–Crippen LogP) is 2.78. The summed E-state index contributed by atoms with van der Waals surface area (Å²) in [4.78, 5) is 13.6. The second-order valence-corrected chi connectivity index (χ2v) is 5.07. The zero-order valence-electron chi connectivity index (χ0n) is 9.51. The Morgan fingerprint density at radius 3 is 2.83 bits per heavy atom. The maximum atomic E-state index is 13.1. The van der Waals surface area contributed by atoms with Gasteiger partial charge in [0.15, 0.2) is 5.82 Å². The van der Waals surface area contributed by atoms with Gasteiger partial charge < -0.3 is 5.73 Å². The number of anilines is 1. The number of aryl methyl sites for hydroxylation is 1. The molecule has 0 unspecified atom stereocenters. The summed E-state index contributed by atoms with van der Waals surface area (Å²) < 4.78 is 13.1. The van der Waals surface area contributed by atoms with Crippen LogP contribution in [0, 0.1) is 12.7 Å². The Bertz CT molecular complexity index is 738. The van der Waals surface area contributed by atoms with Crippen LogP contribution in [0.3, 0.4) is 0 Å². The Morgan fingerprint density at radius 1 is 1.28 bits per heavy atom. The SMILES string of the molecule is Cc1ncc(-c2nc(N)c3cc(F)ccc3n2)s1. The predicted molar refractivity (Wildman–Crippen MR) is 69.8 cm³/mol. The van der Waals surface area contributed by atoms with Gasteiger partial charge in [-0.15, -0.1) is 11.3 Å². The first-order valence-electron chi connectivity index (χ1n) is 5.29. The van der Waals surface area contributed by atoms with Crippen LogP contribution >= 0.6 is 11.3 Å². The fourth-order valence-electron chi connectivity index (χ4n) is 1.70. The minimum Gasteiger partial charge on any atom is -0.383 e. The molecule has 18 heavy (non-hydrogen) atoms. The van der Waals surface area contributed by atoms with Gasteiger partial charge in [-0.25, -0.2) is 19.3 Å². The maximum absolute atomic E-state index is 13.1. The lowest BCUT2D eigenvalue weighted by atomic mass is 10.2. The molecule has 0 amide bonds. The molecule has 2 aromatic heterocycles. The van der Waals surface area contributed by atoms with Crippen molar-refractivity contribution in [3.05, 3.63) is 35.2 Å². The highest BCUT2D eigenvalue weighted by Crippen LogP contribution is 2.27. The van der Waals surface area contributed by atoms with E-state index in [0.29, 0.717) is 16.7 Å². The topological polar surface area (TPSA) is 64.7 Å². The van der Waals surface area contributed by atoms with Gasteiger partial charge in [-0.2, -0.15) is 0 Å². The molecule has 90 valence electrons. The van der Waals surface area contributed by atoms with Crippen LogP contribution < -0.4 is 5.73 Å². The Labute approximate surface area is 106 Å². The molecule has 6 heteroatoms. The average molecular weight is 260 g/mol. The number of fused-ring (bicyclic) bond motifs is 1. The van der Waals surface area contributed by atoms with Crippen molar-refractivity contribution in [2.24, 2.45) is 0 Å². The highest BCUT2D eigenvalue weighted by molar-refractivity contribution is 7.14. The third-order valence-corrected chi connectivity index (χ3v) is 3.44. The summed E-state index contributed by atoms with van der Waals surface area (Å²) in [6.07, 6.45) is 1.71. The normalized spacial score (nSPS) is 11.0. The number of aromatic nitrogens is 3. The smallest absolute Gasteiger partial charge is 0.173 e. The van der Waals surface area contributed by atoms with E-state index in [2.05, 4.69) is 15.0 Å². The molecule has 0 aliphatic heterocycles. The molecule has 0 saturated heterocycles. The Kier molecular flexibility index (Phi) is 2.45. The largest absolute Gasteiger partial charge is 0.383 e. The van der Waals surface area contributed by atoms with Crippen LogP contribution in [0.15, 0.2) is 24.4 Å². The molecule has 3 rings (SSSR count). The zero-order valence-corrected chi connectivity index (χ0v) is 10.3. The van der Waals surface area contributed by atoms with Gasteiger partial charge in [-0.3, -0.25) is 0 Å². The molecule has 4 nitrogen and oxygen atoms in total. The highest BCUT2D eigenvalue weighted by Gasteiger charge is 2.10. The van der Waals surface area contributed by atoms with E-state index >= 15 is 0 Å². The number of benzene rings is 1. The van der Waals surface area contributed by atoms with E-state index in [1.54, 1.807) is 12.3 Å². The summed E-state index contributed by atoms with van der Waals surface area (Å²) in [6.45, 7) is 1.91. The van der Waals surface area contributed by atoms with Gasteiger partial charge in [0.2, 0.25) is 0 Å². The number of hydrogen-bond donors (Lipinski definition) is 1. The van der Waals surface area contributed by atoms with Crippen molar-refractivity contribution in [1.82, 2.24) is 15.0 Å². The second kappa shape index (κ2) is 3.99. The van der Waals surface area contributed by atoms with Crippen LogP contribution in [0.4, 0.5) is 10.2 Å². The van der Waals surface area contributed by atoms with Gasteiger partial charge in [0.25, 0.3) is 0 Å². The summed E-state index contributed by atoms with van der Waals surface area (Å²) in [6, 6.07) is 4.29. The molecular formula is C12H9FN4S. The molecule has 0 fully saturated rings. The molecule has 1 aromatic carbocycles. The molecule has 0 spiro atoms. The molecule has 3 aromatic rings. The van der Waals surface area contributed by atoms with E-state index < -0.39 is 0 Å². The molecule has 0 aliphatic rings. The minimum atomic E-state index is -0.348. The van der Waals surface area contributed by atoms with Crippen LogP contribution in [0.2, 0.25) is 0 Å². The molecule has 0 aliphatic carbocycles. The molecule has 0 saturated carbocycles. The van der Waals surface area contributed by atoms with E-state index in [1.807, 2.05) is 6.92 Å². The lowest BCUT2D eigenvalue weighted by Crippen LogP contribution is -1.97. The van der Waals surface area contributed by atoms with Gasteiger partial charge in [0.1, 0.15) is 11.6 Å². The molecule has 2 heterocycles. The number of halogens is 1. The molecule has 0 radical (unpaired) electrons. The van der Waals surface area contributed by atoms with Crippen molar-refractivity contribution in [3.8, 4) is 10.7 Å². The number of hydrogen-bond acceptors (Lipinski definition) is 5. The van der Waals surface area contributed by atoms with Gasteiger partial charge in [-0.05, 0) is 25.1 Å². The van der Waals surface area contributed by atoms with Gasteiger partial charge in [-0.1, -0.05) is 0 Å². The summed E-state index contributed by atoms with van der Waals surface area (Å²) in [5, 5.41) is 1.46. The fraction of sp³-hybridized carbons (Fsp3) is 0.0833. The standard InChI is InChI=1S/C12H9FN4S/c1-6-15-5-10(18-6)12-16-9-3-2-7(13)4-8(9)11(14)17-12/h2-5H,1H3,(H2,14,16,17). The van der Waals surface area contributed by atoms with E-state index in [1.165, 1.54) is 23.5 Å². The van der Waals surface area contributed by atoms with E-state index in [9.17, 15) is 4.39 Å². The van der Waals surface area contributed by atoms with Crippen LogP contribution in [0.25, 0.3) is 21.6 Å². The maximum Gasteiger partial charge on any atom is 0.173 e. The van der Waals surface area contributed by atoms with E-state index in [-0.39, 0.29) is 11.6 Å². The van der Waals surface area contributed by atoms with Gasteiger partial charge in [0, 0.05) is 11.6 Å². The van der Waals surface area contributed by atoms with Crippen molar-refractivity contribution in [2.45, 2.75) is 6.92 Å². The zero-order chi connectivity index (χ0) is 12.7. The lowest BCUT2D eigenvalue weighted by molar-refractivity contribution is 0.629. The minimum absolute atomic E-state index is 0.278. The van der Waals surface area contributed by atoms with Crippen molar-refractivity contribution >= 4 is 28.1 Å². The number of nitrogens with zero attached hydrogens (tertiary/aromatic N) is 3. The van der Waals surface area contributed by atoms with E-state index in [0.717, 1.165) is 9.88 Å². The summed E-state index contributed by atoms with van der Waals surface area (Å²) in [7, 11) is 0. The monoisotopic (exact) mass is 260 g/mol. The van der Waals surface area contributed by atoms with Crippen molar-refractivity contribution in [2.75, 3.05) is 5.73 Å². The summed E-state index contributed by atoms with van der Waals surface area (Å²) in [5.41, 5.74) is 6.47. The number of nitrogens with two attached hydrogens (primary N) is 1. The summed E-state index contributed by atoms with van der Waals surface area (Å²) >= 11 is 1.50. The average Bonchev–Trinajstić information content (AvgIpc) is 2.77. The first-order chi connectivity index (χ1) is 8.63. The Hall–Kier alpha value is -2.08. The molecule has 0 bridgehead atoms. The third kappa shape index (κ3) is 1.80. The first-order valence-corrected chi connectivity index (χ1v) is 6.11. The first kappa shape index (κ1) is 11.0. The third-order valence-electron chi connectivity index (χ3n) is 2.53. The van der Waals surface area contributed by atoms with Gasteiger partial charge in [0.05, 0.1) is 15.4 Å². The van der Waals surface area contributed by atoms with Crippen LogP contribution in [-0.2, 0) is 0 Å². The Balaban J connectivity index is 2.24. The van der Waals surface area contributed by atoms with Crippen molar-refractivity contribution in [3.63, 3.8) is 0 Å². The van der Waals surface area contributed by atoms with Crippen LogP contribution in [0.5, 0.6) is 0 Å². The van der Waals surface area contributed by atoms with Crippen LogP contribution in [-0.4, -0.2) is 15.0 Å². The summed E-state index contributed by atoms with van der Waals surface area (Å²) in [5.74, 6) is 0.456.